The Morgan fingerprint density at radius 3 is 2.80 bits per heavy atom. The van der Waals surface area contributed by atoms with Gasteiger partial charge in [-0.1, -0.05) is 19.4 Å². The molecule has 0 spiro atoms. The summed E-state index contributed by atoms with van der Waals surface area (Å²) in [4.78, 5) is 0. The van der Waals surface area contributed by atoms with E-state index >= 15 is 0 Å². The number of rotatable bonds is 6. The molecule has 0 radical (unpaired) electrons. The first-order valence-electron chi connectivity index (χ1n) is 6.80. The summed E-state index contributed by atoms with van der Waals surface area (Å²) in [6.07, 6.45) is 5.07. The number of ether oxygens (including phenoxy) is 1. The molecule has 0 fully saturated rings. The van der Waals surface area contributed by atoms with E-state index in [-0.39, 0.29) is 11.6 Å². The van der Waals surface area contributed by atoms with Crippen LogP contribution in [0, 0.1) is 5.82 Å². The highest BCUT2D eigenvalue weighted by molar-refractivity contribution is 5.29. The molecule has 0 amide bonds. The second kappa shape index (κ2) is 6.57. The molecular weight excluding hydrogens is 257 g/mol. The number of aromatic nitrogens is 1. The number of aliphatic hydroxyl groups is 1. The zero-order chi connectivity index (χ0) is 14.5. The molecule has 0 bridgehead atoms. The molecule has 108 valence electrons. The van der Waals surface area contributed by atoms with Crippen molar-refractivity contribution in [3.63, 3.8) is 0 Å². The average Bonchev–Trinajstić information content (AvgIpc) is 2.88. The first-order chi connectivity index (χ1) is 9.63. The summed E-state index contributed by atoms with van der Waals surface area (Å²) in [6, 6.07) is 6.84. The molecule has 0 aliphatic rings. The van der Waals surface area contributed by atoms with Crippen LogP contribution < -0.4 is 4.74 Å². The fraction of sp³-hybridized carbons (Fsp3) is 0.375. The third-order valence-corrected chi connectivity index (χ3v) is 3.30. The van der Waals surface area contributed by atoms with Gasteiger partial charge in [-0.25, -0.2) is 4.39 Å². The summed E-state index contributed by atoms with van der Waals surface area (Å²) in [7, 11) is 1.45. The topological polar surface area (TPSA) is 34.4 Å². The number of halogens is 1. The van der Waals surface area contributed by atoms with E-state index in [2.05, 4.69) is 0 Å². The van der Waals surface area contributed by atoms with Gasteiger partial charge in [0.1, 0.15) is 0 Å². The summed E-state index contributed by atoms with van der Waals surface area (Å²) >= 11 is 0. The van der Waals surface area contributed by atoms with Crippen molar-refractivity contribution in [1.82, 2.24) is 4.57 Å². The van der Waals surface area contributed by atoms with Gasteiger partial charge >= 0.3 is 0 Å². The van der Waals surface area contributed by atoms with Crippen molar-refractivity contribution >= 4 is 0 Å². The summed E-state index contributed by atoms with van der Waals surface area (Å²) in [5.41, 5.74) is 1.76. The van der Waals surface area contributed by atoms with Crippen LogP contribution in [0.5, 0.6) is 5.75 Å². The molecule has 20 heavy (non-hydrogen) atoms. The van der Waals surface area contributed by atoms with Crippen LogP contribution in [0.15, 0.2) is 36.7 Å². The van der Waals surface area contributed by atoms with Crippen molar-refractivity contribution in [2.24, 2.45) is 0 Å². The smallest absolute Gasteiger partial charge is 0.165 e. The van der Waals surface area contributed by atoms with E-state index in [0.717, 1.165) is 24.0 Å². The molecule has 1 unspecified atom stereocenters. The minimum absolute atomic E-state index is 0.250. The SMILES string of the molecule is CCCC(O)c1ccn(Cc2ccc(OC)c(F)c2)c1. The maximum atomic E-state index is 13.6. The van der Waals surface area contributed by atoms with Crippen molar-refractivity contribution in [1.29, 1.82) is 0 Å². The molecule has 3 nitrogen and oxygen atoms in total. The van der Waals surface area contributed by atoms with Crippen LogP contribution in [0.2, 0.25) is 0 Å². The van der Waals surface area contributed by atoms with Crippen molar-refractivity contribution < 1.29 is 14.2 Å². The molecular formula is C16H20FNO2. The second-order valence-corrected chi connectivity index (χ2v) is 4.89. The summed E-state index contributed by atoms with van der Waals surface area (Å²) < 4.78 is 20.5. The normalized spacial score (nSPS) is 12.4. The molecule has 0 aliphatic carbocycles. The summed E-state index contributed by atoms with van der Waals surface area (Å²) in [5, 5.41) is 9.92. The largest absolute Gasteiger partial charge is 0.494 e. The van der Waals surface area contributed by atoms with E-state index in [4.69, 9.17) is 4.74 Å². The molecule has 0 saturated carbocycles. The molecule has 0 aliphatic heterocycles. The molecule has 1 aromatic carbocycles. The van der Waals surface area contributed by atoms with Crippen LogP contribution in [0.1, 0.15) is 37.0 Å². The zero-order valence-corrected chi connectivity index (χ0v) is 11.8. The highest BCUT2D eigenvalue weighted by Gasteiger charge is 2.09. The average molecular weight is 277 g/mol. The van der Waals surface area contributed by atoms with Crippen molar-refractivity contribution in [3.05, 3.63) is 53.6 Å². The molecule has 2 aromatic rings. The molecule has 0 saturated heterocycles. The molecule has 4 heteroatoms. The lowest BCUT2D eigenvalue weighted by atomic mass is 10.1. The Balaban J connectivity index is 2.08. The quantitative estimate of drug-likeness (QED) is 0.876. The first kappa shape index (κ1) is 14.6. The van der Waals surface area contributed by atoms with Gasteiger partial charge in [-0.2, -0.15) is 0 Å². The van der Waals surface area contributed by atoms with Crippen LogP contribution in [0.4, 0.5) is 4.39 Å². The number of aliphatic hydroxyl groups excluding tert-OH is 1. The Bertz CT molecular complexity index is 565. The molecule has 2 rings (SSSR count). The summed E-state index contributed by atoms with van der Waals surface area (Å²) in [5.74, 6) is -0.108. The number of nitrogens with zero attached hydrogens (tertiary/aromatic N) is 1. The number of methoxy groups -OCH3 is 1. The first-order valence-corrected chi connectivity index (χ1v) is 6.80. The van der Waals surface area contributed by atoms with E-state index in [1.54, 1.807) is 6.07 Å². The Morgan fingerprint density at radius 1 is 1.35 bits per heavy atom. The van der Waals surface area contributed by atoms with Gasteiger partial charge in [0.2, 0.25) is 0 Å². The van der Waals surface area contributed by atoms with Gasteiger partial charge < -0.3 is 14.4 Å². The van der Waals surface area contributed by atoms with Gasteiger partial charge in [-0.3, -0.25) is 0 Å². The standard InChI is InChI=1S/C16H20FNO2/c1-3-4-15(19)13-7-8-18(11-13)10-12-5-6-16(20-2)14(17)9-12/h5-9,11,15,19H,3-4,10H2,1-2H3. The van der Waals surface area contributed by atoms with Crippen molar-refractivity contribution in [2.45, 2.75) is 32.4 Å². The molecule has 1 atom stereocenters. The summed E-state index contributed by atoms with van der Waals surface area (Å²) in [6.45, 7) is 2.61. The van der Waals surface area contributed by atoms with Gasteiger partial charge in [0.05, 0.1) is 13.2 Å². The Hall–Kier alpha value is -1.81. The monoisotopic (exact) mass is 277 g/mol. The predicted octanol–water partition coefficient (Wildman–Crippen LogP) is 3.52. The van der Waals surface area contributed by atoms with E-state index in [9.17, 15) is 9.50 Å². The highest BCUT2D eigenvalue weighted by Crippen LogP contribution is 2.21. The zero-order valence-electron chi connectivity index (χ0n) is 11.8. The van der Waals surface area contributed by atoms with E-state index in [1.165, 1.54) is 13.2 Å². The van der Waals surface area contributed by atoms with Crippen LogP contribution in [0.3, 0.4) is 0 Å². The predicted molar refractivity (Wildman–Crippen MR) is 76.4 cm³/mol. The minimum Gasteiger partial charge on any atom is -0.494 e. The number of hydrogen-bond acceptors (Lipinski definition) is 2. The van der Waals surface area contributed by atoms with Crippen molar-refractivity contribution in [3.8, 4) is 5.75 Å². The van der Waals surface area contributed by atoms with Crippen molar-refractivity contribution in [2.75, 3.05) is 7.11 Å². The maximum Gasteiger partial charge on any atom is 0.165 e. The van der Waals surface area contributed by atoms with Crippen LogP contribution in [-0.2, 0) is 6.54 Å². The van der Waals surface area contributed by atoms with Gasteiger partial charge in [0.25, 0.3) is 0 Å². The van der Waals surface area contributed by atoms with E-state index in [1.807, 2.05) is 36.0 Å². The highest BCUT2D eigenvalue weighted by atomic mass is 19.1. The van der Waals surface area contributed by atoms with E-state index < -0.39 is 6.10 Å². The third-order valence-electron chi connectivity index (χ3n) is 3.30. The Labute approximate surface area is 118 Å². The van der Waals surface area contributed by atoms with E-state index in [0.29, 0.717) is 6.54 Å². The lowest BCUT2D eigenvalue weighted by Gasteiger charge is -2.08. The Morgan fingerprint density at radius 2 is 2.15 bits per heavy atom. The third kappa shape index (κ3) is 3.39. The van der Waals surface area contributed by atoms with Crippen LogP contribution >= 0.6 is 0 Å². The second-order valence-electron chi connectivity index (χ2n) is 4.89. The van der Waals surface area contributed by atoms with Gasteiger partial charge in [0.15, 0.2) is 11.6 Å². The van der Waals surface area contributed by atoms with Gasteiger partial charge in [-0.15, -0.1) is 0 Å². The number of hydrogen-bond donors (Lipinski definition) is 1. The Kier molecular flexibility index (Phi) is 4.79. The lowest BCUT2D eigenvalue weighted by molar-refractivity contribution is 0.166. The number of benzene rings is 1. The fourth-order valence-electron chi connectivity index (χ4n) is 2.21. The van der Waals surface area contributed by atoms with Gasteiger partial charge in [0, 0.05) is 18.9 Å². The molecule has 1 aromatic heterocycles. The van der Waals surface area contributed by atoms with Crippen LogP contribution in [-0.4, -0.2) is 16.8 Å². The minimum atomic E-state index is -0.422. The maximum absolute atomic E-state index is 13.6. The lowest BCUT2D eigenvalue weighted by Crippen LogP contribution is -1.99. The molecule has 1 heterocycles. The van der Waals surface area contributed by atoms with Crippen LogP contribution in [0.25, 0.3) is 0 Å². The molecule has 1 N–H and O–H groups in total. The van der Waals surface area contributed by atoms with Gasteiger partial charge in [-0.05, 0) is 35.7 Å². The fourth-order valence-corrected chi connectivity index (χ4v) is 2.21.